The number of hydrogen-bond donors (Lipinski definition) is 1. The second kappa shape index (κ2) is 4.37. The smallest absolute Gasteiger partial charge is 0.335 e. The quantitative estimate of drug-likeness (QED) is 0.884. The van der Waals surface area contributed by atoms with Gasteiger partial charge in [0.15, 0.2) is 0 Å². The van der Waals surface area contributed by atoms with E-state index in [0.717, 1.165) is 11.8 Å². The number of benzene rings is 1. The van der Waals surface area contributed by atoms with Gasteiger partial charge < -0.3 is 5.11 Å². The molecule has 5 heteroatoms. The molecule has 17 heavy (non-hydrogen) atoms. The fourth-order valence-electron chi connectivity index (χ4n) is 1.53. The molecule has 0 saturated heterocycles. The number of carboxylic acid groups (broad SMARTS) is 1. The van der Waals surface area contributed by atoms with Crippen molar-refractivity contribution in [3.05, 3.63) is 53.1 Å². The molecule has 2 rings (SSSR count). The van der Waals surface area contributed by atoms with Crippen LogP contribution in [0.1, 0.15) is 21.6 Å². The van der Waals surface area contributed by atoms with E-state index in [1.807, 2.05) is 13.0 Å². The molecule has 1 aromatic carbocycles. The summed E-state index contributed by atoms with van der Waals surface area (Å²) in [4.78, 5) is 10.6. The predicted molar refractivity (Wildman–Crippen MR) is 59.4 cm³/mol. The fourth-order valence-corrected chi connectivity index (χ4v) is 1.53. The molecule has 0 saturated carbocycles. The van der Waals surface area contributed by atoms with E-state index in [-0.39, 0.29) is 5.56 Å². The summed E-state index contributed by atoms with van der Waals surface area (Å²) in [5.74, 6) is -1.66. The minimum absolute atomic E-state index is 0.0529. The van der Waals surface area contributed by atoms with E-state index in [9.17, 15) is 9.18 Å². The second-order valence-electron chi connectivity index (χ2n) is 3.77. The van der Waals surface area contributed by atoms with Crippen LogP contribution in [0.4, 0.5) is 4.39 Å². The van der Waals surface area contributed by atoms with Gasteiger partial charge >= 0.3 is 5.97 Å². The van der Waals surface area contributed by atoms with Gasteiger partial charge in [-0.15, -0.1) is 0 Å². The van der Waals surface area contributed by atoms with E-state index in [1.165, 1.54) is 12.1 Å². The van der Waals surface area contributed by atoms with Gasteiger partial charge in [-0.25, -0.2) is 9.18 Å². The summed E-state index contributed by atoms with van der Waals surface area (Å²) in [5.41, 5.74) is 1.22. The van der Waals surface area contributed by atoms with Crippen LogP contribution in [0, 0.1) is 12.7 Å². The highest BCUT2D eigenvalue weighted by Gasteiger charge is 2.08. The molecule has 1 aromatic heterocycles. The van der Waals surface area contributed by atoms with Crippen LogP contribution in [-0.4, -0.2) is 20.9 Å². The molecule has 2 aromatic rings. The Balaban J connectivity index is 2.25. The van der Waals surface area contributed by atoms with Crippen LogP contribution in [0.3, 0.4) is 0 Å². The number of aryl methyl sites for hydroxylation is 1. The topological polar surface area (TPSA) is 55.1 Å². The number of aromatic nitrogens is 2. The molecule has 1 N–H and O–H groups in total. The van der Waals surface area contributed by atoms with Gasteiger partial charge in [0.05, 0.1) is 17.8 Å². The van der Waals surface area contributed by atoms with E-state index >= 15 is 0 Å². The Morgan fingerprint density at radius 1 is 1.47 bits per heavy atom. The Morgan fingerprint density at radius 3 is 2.76 bits per heavy atom. The van der Waals surface area contributed by atoms with Crippen molar-refractivity contribution in [2.24, 2.45) is 0 Å². The molecule has 0 unspecified atom stereocenters. The zero-order valence-electron chi connectivity index (χ0n) is 9.22. The third kappa shape index (κ3) is 2.50. The number of carboxylic acids is 1. The highest BCUT2D eigenvalue weighted by Crippen LogP contribution is 2.12. The van der Waals surface area contributed by atoms with E-state index in [0.29, 0.717) is 12.1 Å². The predicted octanol–water partition coefficient (Wildman–Crippen LogP) is 2.08. The van der Waals surface area contributed by atoms with Crippen molar-refractivity contribution in [3.63, 3.8) is 0 Å². The minimum Gasteiger partial charge on any atom is -0.478 e. The number of aromatic carboxylic acids is 1. The van der Waals surface area contributed by atoms with Crippen LogP contribution in [0.15, 0.2) is 30.5 Å². The molecular formula is C12H11FN2O2. The Morgan fingerprint density at radius 2 is 2.24 bits per heavy atom. The molecule has 88 valence electrons. The average Bonchev–Trinajstić information content (AvgIpc) is 2.67. The van der Waals surface area contributed by atoms with Crippen molar-refractivity contribution in [1.29, 1.82) is 0 Å². The molecule has 0 atom stereocenters. The van der Waals surface area contributed by atoms with E-state index < -0.39 is 11.8 Å². The number of hydrogen-bond acceptors (Lipinski definition) is 2. The standard InChI is InChI=1S/C12H11FN2O2/c1-8-4-5-15(14-8)7-10-3-2-9(12(16)17)6-11(10)13/h2-6H,7H2,1H3,(H,16,17). The third-order valence-corrected chi connectivity index (χ3v) is 2.41. The van der Waals surface area contributed by atoms with Crippen LogP contribution < -0.4 is 0 Å². The monoisotopic (exact) mass is 234 g/mol. The summed E-state index contributed by atoms with van der Waals surface area (Å²) in [5, 5.41) is 12.8. The maximum atomic E-state index is 13.6. The van der Waals surface area contributed by atoms with E-state index in [4.69, 9.17) is 5.11 Å². The van der Waals surface area contributed by atoms with Crippen molar-refractivity contribution >= 4 is 5.97 Å². The Labute approximate surface area is 97.3 Å². The van der Waals surface area contributed by atoms with Gasteiger partial charge in [0.25, 0.3) is 0 Å². The van der Waals surface area contributed by atoms with Crippen LogP contribution in [-0.2, 0) is 6.54 Å². The molecule has 4 nitrogen and oxygen atoms in total. The van der Waals surface area contributed by atoms with Crippen LogP contribution in [0.5, 0.6) is 0 Å². The summed E-state index contributed by atoms with van der Waals surface area (Å²) < 4.78 is 15.2. The Bertz CT molecular complexity index is 563. The van der Waals surface area contributed by atoms with Crippen molar-refractivity contribution in [3.8, 4) is 0 Å². The molecule has 0 fully saturated rings. The molecular weight excluding hydrogens is 223 g/mol. The number of nitrogens with zero attached hydrogens (tertiary/aromatic N) is 2. The van der Waals surface area contributed by atoms with Crippen molar-refractivity contribution in [1.82, 2.24) is 9.78 Å². The van der Waals surface area contributed by atoms with Crippen molar-refractivity contribution < 1.29 is 14.3 Å². The molecule has 1 heterocycles. The number of halogens is 1. The molecule has 0 spiro atoms. The van der Waals surface area contributed by atoms with Crippen LogP contribution in [0.25, 0.3) is 0 Å². The van der Waals surface area contributed by atoms with Gasteiger partial charge in [0, 0.05) is 11.8 Å². The summed E-state index contributed by atoms with van der Waals surface area (Å²) in [6.07, 6.45) is 1.75. The van der Waals surface area contributed by atoms with E-state index in [1.54, 1.807) is 10.9 Å². The van der Waals surface area contributed by atoms with Crippen molar-refractivity contribution in [2.75, 3.05) is 0 Å². The van der Waals surface area contributed by atoms with Crippen LogP contribution in [0.2, 0.25) is 0 Å². The number of rotatable bonds is 3. The highest BCUT2D eigenvalue weighted by molar-refractivity contribution is 5.87. The first-order valence-electron chi connectivity index (χ1n) is 5.08. The lowest BCUT2D eigenvalue weighted by atomic mass is 10.1. The fraction of sp³-hybridized carbons (Fsp3) is 0.167. The average molecular weight is 234 g/mol. The first-order valence-corrected chi connectivity index (χ1v) is 5.08. The lowest BCUT2D eigenvalue weighted by Crippen LogP contribution is -2.05. The van der Waals surface area contributed by atoms with Gasteiger partial charge in [-0.05, 0) is 25.1 Å². The second-order valence-corrected chi connectivity index (χ2v) is 3.77. The largest absolute Gasteiger partial charge is 0.478 e. The molecule has 0 aliphatic carbocycles. The third-order valence-electron chi connectivity index (χ3n) is 2.41. The highest BCUT2D eigenvalue weighted by atomic mass is 19.1. The molecule has 0 aliphatic rings. The van der Waals surface area contributed by atoms with Crippen molar-refractivity contribution in [2.45, 2.75) is 13.5 Å². The van der Waals surface area contributed by atoms with Gasteiger partial charge in [0.1, 0.15) is 5.82 Å². The molecule has 0 aliphatic heterocycles. The first kappa shape index (κ1) is 11.3. The summed E-state index contributed by atoms with van der Waals surface area (Å²) in [6.45, 7) is 2.14. The SMILES string of the molecule is Cc1ccn(Cc2ccc(C(=O)O)cc2F)n1. The Kier molecular flexibility index (Phi) is 2.91. The lowest BCUT2D eigenvalue weighted by Gasteiger charge is -2.04. The minimum atomic E-state index is -1.13. The first-order chi connectivity index (χ1) is 8.06. The van der Waals surface area contributed by atoms with Gasteiger partial charge in [-0.3, -0.25) is 4.68 Å². The summed E-state index contributed by atoms with van der Waals surface area (Å²) in [6, 6.07) is 5.70. The maximum absolute atomic E-state index is 13.6. The zero-order chi connectivity index (χ0) is 12.4. The molecule has 0 bridgehead atoms. The Hall–Kier alpha value is -2.17. The normalized spacial score (nSPS) is 10.5. The number of carbonyl (C=O) groups is 1. The summed E-state index contributed by atoms with van der Waals surface area (Å²) in [7, 11) is 0. The molecule has 0 radical (unpaired) electrons. The summed E-state index contributed by atoms with van der Waals surface area (Å²) >= 11 is 0. The van der Waals surface area contributed by atoms with Gasteiger partial charge in [-0.1, -0.05) is 6.07 Å². The molecule has 0 amide bonds. The van der Waals surface area contributed by atoms with Crippen LogP contribution >= 0.6 is 0 Å². The zero-order valence-corrected chi connectivity index (χ0v) is 9.22. The van der Waals surface area contributed by atoms with Gasteiger partial charge in [-0.2, -0.15) is 5.10 Å². The van der Waals surface area contributed by atoms with E-state index in [2.05, 4.69) is 5.10 Å². The lowest BCUT2D eigenvalue weighted by molar-refractivity contribution is 0.0696. The maximum Gasteiger partial charge on any atom is 0.335 e. The van der Waals surface area contributed by atoms with Gasteiger partial charge in [0.2, 0.25) is 0 Å².